The molecule has 1 N–H and O–H groups in total. The minimum atomic E-state index is -1.22. The van der Waals surface area contributed by atoms with E-state index in [9.17, 15) is 9.18 Å². The van der Waals surface area contributed by atoms with Crippen molar-refractivity contribution in [3.63, 3.8) is 0 Å². The van der Waals surface area contributed by atoms with Crippen molar-refractivity contribution in [2.45, 2.75) is 20.8 Å². The third kappa shape index (κ3) is 1.54. The molecule has 0 unspecified atom stereocenters. The molecule has 0 saturated heterocycles. The maximum absolute atomic E-state index is 13.3. The average molecular weight is 182 g/mol. The van der Waals surface area contributed by atoms with Crippen molar-refractivity contribution in [3.05, 3.63) is 34.1 Å². The second-order valence-electron chi connectivity index (χ2n) is 3.11. The lowest BCUT2D eigenvalue weighted by atomic mass is 10.00. The molecule has 1 aromatic carbocycles. The van der Waals surface area contributed by atoms with E-state index in [1.165, 1.54) is 6.07 Å². The van der Waals surface area contributed by atoms with Crippen LogP contribution >= 0.6 is 0 Å². The highest BCUT2D eigenvalue weighted by molar-refractivity contribution is 5.88. The lowest BCUT2D eigenvalue weighted by Gasteiger charge is -2.08. The van der Waals surface area contributed by atoms with Crippen LogP contribution in [-0.2, 0) is 0 Å². The molecule has 1 aromatic rings. The average Bonchev–Trinajstić information content (AvgIpc) is 2.07. The molecule has 0 aromatic heterocycles. The van der Waals surface area contributed by atoms with Crippen LogP contribution in [-0.4, -0.2) is 11.1 Å². The Labute approximate surface area is 76.0 Å². The molecule has 2 nitrogen and oxygen atoms in total. The molecule has 0 bridgehead atoms. The molecule has 0 amide bonds. The molecule has 0 saturated carbocycles. The molecule has 3 heteroatoms. The van der Waals surface area contributed by atoms with Gasteiger partial charge in [-0.3, -0.25) is 0 Å². The number of hydrogen-bond acceptors (Lipinski definition) is 1. The summed E-state index contributed by atoms with van der Waals surface area (Å²) in [6.07, 6.45) is 0. The van der Waals surface area contributed by atoms with Crippen LogP contribution in [0, 0.1) is 26.6 Å². The van der Waals surface area contributed by atoms with Crippen LogP contribution in [0.2, 0.25) is 0 Å². The van der Waals surface area contributed by atoms with Crippen LogP contribution in [0.3, 0.4) is 0 Å². The number of carboxylic acid groups (broad SMARTS) is 1. The third-order valence-electron chi connectivity index (χ3n) is 2.31. The van der Waals surface area contributed by atoms with Crippen LogP contribution in [0.15, 0.2) is 6.07 Å². The summed E-state index contributed by atoms with van der Waals surface area (Å²) in [4.78, 5) is 10.6. The number of aromatic carboxylic acids is 1. The number of rotatable bonds is 1. The van der Waals surface area contributed by atoms with E-state index in [2.05, 4.69) is 0 Å². The number of hydrogen-bond donors (Lipinski definition) is 1. The highest BCUT2D eigenvalue weighted by Gasteiger charge is 2.15. The maximum Gasteiger partial charge on any atom is 0.338 e. The van der Waals surface area contributed by atoms with Crippen LogP contribution in [0.4, 0.5) is 4.39 Å². The first-order valence-corrected chi connectivity index (χ1v) is 3.94. The summed E-state index contributed by atoms with van der Waals surface area (Å²) in [5, 5.41) is 8.67. The molecule has 0 aliphatic heterocycles. The van der Waals surface area contributed by atoms with Gasteiger partial charge in [-0.15, -0.1) is 0 Å². The van der Waals surface area contributed by atoms with Gasteiger partial charge in [-0.1, -0.05) is 0 Å². The molecule has 13 heavy (non-hydrogen) atoms. The van der Waals surface area contributed by atoms with Gasteiger partial charge in [0.25, 0.3) is 0 Å². The Morgan fingerprint density at radius 2 is 1.85 bits per heavy atom. The second kappa shape index (κ2) is 3.17. The monoisotopic (exact) mass is 182 g/mol. The van der Waals surface area contributed by atoms with Gasteiger partial charge in [0, 0.05) is 0 Å². The topological polar surface area (TPSA) is 37.3 Å². The molecular formula is C10H11FO2. The summed E-state index contributed by atoms with van der Waals surface area (Å²) in [5.41, 5.74) is 1.77. The van der Waals surface area contributed by atoms with Gasteiger partial charge in [0.15, 0.2) is 0 Å². The van der Waals surface area contributed by atoms with Crippen LogP contribution < -0.4 is 0 Å². The van der Waals surface area contributed by atoms with E-state index in [1.807, 2.05) is 0 Å². The highest BCUT2D eigenvalue weighted by atomic mass is 19.1. The summed E-state index contributed by atoms with van der Waals surface area (Å²) in [7, 11) is 0. The van der Waals surface area contributed by atoms with Crippen LogP contribution in [0.1, 0.15) is 27.0 Å². The molecule has 0 radical (unpaired) electrons. The van der Waals surface area contributed by atoms with Gasteiger partial charge in [-0.05, 0) is 43.5 Å². The number of benzene rings is 1. The van der Waals surface area contributed by atoms with E-state index >= 15 is 0 Å². The minimum absolute atomic E-state index is 0.249. The standard InChI is InChI=1S/C10H11FO2/c1-5-4-8(10(12)13)9(11)7(3)6(5)2/h4H,1-3H3,(H,12,13). The van der Waals surface area contributed by atoms with Gasteiger partial charge >= 0.3 is 5.97 Å². The molecule has 0 heterocycles. The third-order valence-corrected chi connectivity index (χ3v) is 2.31. The summed E-state index contributed by atoms with van der Waals surface area (Å²) >= 11 is 0. The van der Waals surface area contributed by atoms with Crippen LogP contribution in [0.25, 0.3) is 0 Å². The first-order valence-electron chi connectivity index (χ1n) is 3.94. The molecule has 0 atom stereocenters. The number of carbonyl (C=O) groups is 1. The molecule has 0 aliphatic rings. The van der Waals surface area contributed by atoms with Gasteiger partial charge in [0.2, 0.25) is 0 Å². The zero-order chi connectivity index (χ0) is 10.2. The zero-order valence-electron chi connectivity index (χ0n) is 7.81. The van der Waals surface area contributed by atoms with Gasteiger partial charge < -0.3 is 5.11 Å². The Morgan fingerprint density at radius 3 is 2.31 bits per heavy atom. The Kier molecular flexibility index (Phi) is 2.36. The SMILES string of the molecule is Cc1cc(C(=O)O)c(F)c(C)c1C. The first kappa shape index (κ1) is 9.71. The Bertz CT molecular complexity index is 370. The van der Waals surface area contributed by atoms with E-state index < -0.39 is 11.8 Å². The van der Waals surface area contributed by atoms with Crippen molar-refractivity contribution in [2.24, 2.45) is 0 Å². The van der Waals surface area contributed by atoms with Gasteiger partial charge in [-0.2, -0.15) is 0 Å². The lowest BCUT2D eigenvalue weighted by molar-refractivity contribution is 0.0691. The molecule has 1 rings (SSSR count). The highest BCUT2D eigenvalue weighted by Crippen LogP contribution is 2.20. The van der Waals surface area contributed by atoms with Gasteiger partial charge in [-0.25, -0.2) is 9.18 Å². The fraction of sp³-hybridized carbons (Fsp3) is 0.300. The van der Waals surface area contributed by atoms with E-state index in [-0.39, 0.29) is 5.56 Å². The van der Waals surface area contributed by atoms with Gasteiger partial charge in [0.05, 0.1) is 5.56 Å². The zero-order valence-corrected chi connectivity index (χ0v) is 7.81. The molecule has 0 aliphatic carbocycles. The molecule has 70 valence electrons. The van der Waals surface area contributed by atoms with E-state index in [1.54, 1.807) is 20.8 Å². The quantitative estimate of drug-likeness (QED) is 0.724. The van der Waals surface area contributed by atoms with Crippen molar-refractivity contribution in [1.29, 1.82) is 0 Å². The first-order chi connectivity index (χ1) is 5.95. The Balaban J connectivity index is 3.50. The summed E-state index contributed by atoms with van der Waals surface area (Å²) in [5.74, 6) is -1.85. The molecular weight excluding hydrogens is 171 g/mol. The Hall–Kier alpha value is -1.38. The van der Waals surface area contributed by atoms with Crippen molar-refractivity contribution < 1.29 is 14.3 Å². The second-order valence-corrected chi connectivity index (χ2v) is 3.11. The van der Waals surface area contributed by atoms with Crippen molar-refractivity contribution in [2.75, 3.05) is 0 Å². The number of halogens is 1. The Morgan fingerprint density at radius 1 is 1.31 bits per heavy atom. The predicted molar refractivity (Wildman–Crippen MR) is 47.6 cm³/mol. The summed E-state index contributed by atoms with van der Waals surface area (Å²) < 4.78 is 13.3. The van der Waals surface area contributed by atoms with E-state index in [4.69, 9.17) is 5.11 Å². The maximum atomic E-state index is 13.3. The van der Waals surface area contributed by atoms with E-state index in [0.717, 1.165) is 11.1 Å². The number of carboxylic acids is 1. The van der Waals surface area contributed by atoms with Crippen LogP contribution in [0.5, 0.6) is 0 Å². The summed E-state index contributed by atoms with van der Waals surface area (Å²) in [6.45, 7) is 5.14. The van der Waals surface area contributed by atoms with Crippen molar-refractivity contribution in [3.8, 4) is 0 Å². The van der Waals surface area contributed by atoms with Gasteiger partial charge in [0.1, 0.15) is 5.82 Å². The number of aryl methyl sites for hydroxylation is 1. The van der Waals surface area contributed by atoms with Crippen molar-refractivity contribution in [1.82, 2.24) is 0 Å². The molecule has 0 spiro atoms. The predicted octanol–water partition coefficient (Wildman–Crippen LogP) is 2.45. The lowest BCUT2D eigenvalue weighted by Crippen LogP contribution is -2.05. The molecule has 0 fully saturated rings. The normalized spacial score (nSPS) is 10.2. The fourth-order valence-corrected chi connectivity index (χ4v) is 1.21. The van der Waals surface area contributed by atoms with E-state index in [0.29, 0.717) is 5.56 Å². The van der Waals surface area contributed by atoms with Crippen molar-refractivity contribution >= 4 is 5.97 Å². The largest absolute Gasteiger partial charge is 0.478 e. The summed E-state index contributed by atoms with van der Waals surface area (Å²) in [6, 6.07) is 1.36. The minimum Gasteiger partial charge on any atom is -0.478 e. The fourth-order valence-electron chi connectivity index (χ4n) is 1.21. The smallest absolute Gasteiger partial charge is 0.338 e.